The molecule has 0 amide bonds. The first kappa shape index (κ1) is 17.9. The number of thioether (sulfide) groups is 1. The molecule has 0 N–H and O–H groups in total. The molecule has 27 heavy (non-hydrogen) atoms. The zero-order valence-electron chi connectivity index (χ0n) is 14.2. The normalized spacial score (nSPS) is 11.0. The molecule has 136 valence electrons. The quantitative estimate of drug-likeness (QED) is 0.274. The van der Waals surface area contributed by atoms with Crippen molar-refractivity contribution in [3.63, 3.8) is 0 Å². The second kappa shape index (κ2) is 7.63. The van der Waals surface area contributed by atoms with Gasteiger partial charge in [-0.25, -0.2) is 14.5 Å². The van der Waals surface area contributed by atoms with E-state index < -0.39 is 5.97 Å². The third-order valence-corrected chi connectivity index (χ3v) is 6.21. The van der Waals surface area contributed by atoms with E-state index in [9.17, 15) is 4.79 Å². The highest BCUT2D eigenvalue weighted by atomic mass is 32.2. The van der Waals surface area contributed by atoms with Crippen LogP contribution in [0.1, 0.15) is 16.1 Å². The van der Waals surface area contributed by atoms with Gasteiger partial charge in [0.05, 0.1) is 18.5 Å². The Balaban J connectivity index is 1.56. The van der Waals surface area contributed by atoms with E-state index in [-0.39, 0.29) is 0 Å². The summed E-state index contributed by atoms with van der Waals surface area (Å²) >= 11 is 8.47. The molecule has 0 saturated heterocycles. The minimum Gasteiger partial charge on any atom is -0.465 e. The average Bonchev–Trinajstić information content (AvgIpc) is 3.29. The van der Waals surface area contributed by atoms with Gasteiger partial charge in [0.2, 0.25) is 0 Å². The molecule has 0 aliphatic carbocycles. The fourth-order valence-corrected chi connectivity index (χ4v) is 4.83. The van der Waals surface area contributed by atoms with Crippen LogP contribution >= 0.6 is 35.3 Å². The predicted molar refractivity (Wildman–Crippen MR) is 108 cm³/mol. The summed E-state index contributed by atoms with van der Waals surface area (Å²) in [7, 11) is 1.36. The maximum absolute atomic E-state index is 11.9. The van der Waals surface area contributed by atoms with Gasteiger partial charge < -0.3 is 9.14 Å². The maximum Gasteiger partial charge on any atom is 0.341 e. The lowest BCUT2D eigenvalue weighted by atomic mass is 10.3. The monoisotopic (exact) mass is 414 g/mol. The third-order valence-electron chi connectivity index (χ3n) is 3.81. The molecule has 0 atom stereocenters. The highest BCUT2D eigenvalue weighted by Gasteiger charge is 2.14. The van der Waals surface area contributed by atoms with Crippen LogP contribution in [0.2, 0.25) is 0 Å². The summed E-state index contributed by atoms with van der Waals surface area (Å²) in [4.78, 5) is 16.5. The Labute approximate surface area is 168 Å². The van der Waals surface area contributed by atoms with Crippen LogP contribution in [0, 0.1) is 3.95 Å². The number of ether oxygens (including phenoxy) is 1. The highest BCUT2D eigenvalue weighted by Crippen LogP contribution is 2.27. The molecule has 3 aromatic heterocycles. The Hall–Kier alpha value is -2.49. The molecule has 6 nitrogen and oxygen atoms in total. The maximum atomic E-state index is 11.9. The lowest BCUT2D eigenvalue weighted by Crippen LogP contribution is -2.03. The van der Waals surface area contributed by atoms with Crippen molar-refractivity contribution in [2.45, 2.75) is 10.1 Å². The Bertz CT molecular complexity index is 1160. The summed E-state index contributed by atoms with van der Waals surface area (Å²) < 4.78 is 9.98. The van der Waals surface area contributed by atoms with E-state index in [4.69, 9.17) is 17.0 Å². The lowest BCUT2D eigenvalue weighted by molar-refractivity contribution is 0.0602. The summed E-state index contributed by atoms with van der Waals surface area (Å²) in [6, 6.07) is 13.3. The Morgan fingerprint density at radius 1 is 1.26 bits per heavy atom. The number of para-hydroxylation sites is 1. The van der Waals surface area contributed by atoms with Crippen molar-refractivity contribution in [1.29, 1.82) is 0 Å². The summed E-state index contributed by atoms with van der Waals surface area (Å²) in [5, 5.41) is 4.59. The van der Waals surface area contributed by atoms with E-state index in [1.54, 1.807) is 28.6 Å². The molecule has 4 rings (SSSR count). The van der Waals surface area contributed by atoms with Crippen LogP contribution in [0.25, 0.3) is 11.3 Å². The van der Waals surface area contributed by atoms with Crippen molar-refractivity contribution >= 4 is 46.9 Å². The van der Waals surface area contributed by atoms with E-state index in [1.807, 2.05) is 47.1 Å². The molecule has 0 aliphatic rings. The first-order valence-electron chi connectivity index (χ1n) is 7.99. The van der Waals surface area contributed by atoms with Crippen LogP contribution in [0.15, 0.2) is 59.2 Å². The van der Waals surface area contributed by atoms with Gasteiger partial charge >= 0.3 is 5.97 Å². The van der Waals surface area contributed by atoms with Gasteiger partial charge in [0.15, 0.2) is 13.9 Å². The zero-order valence-corrected chi connectivity index (χ0v) is 16.7. The largest absolute Gasteiger partial charge is 0.465 e. The SMILES string of the molecule is COC(=O)c1cccn2cc(CSc3nn(-c4ccccc4)c(=S)s3)nc12. The fourth-order valence-electron chi connectivity index (χ4n) is 2.59. The number of carbonyl (C=O) groups is 1. The number of imidazole rings is 1. The summed E-state index contributed by atoms with van der Waals surface area (Å²) in [6.45, 7) is 0. The molecular formula is C18H14N4O2S3. The number of pyridine rings is 1. The Kier molecular flexibility index (Phi) is 5.06. The number of benzene rings is 1. The molecule has 0 aliphatic heterocycles. The van der Waals surface area contributed by atoms with Crippen molar-refractivity contribution in [3.05, 3.63) is 70.1 Å². The second-order valence-corrected chi connectivity index (χ2v) is 8.39. The van der Waals surface area contributed by atoms with Crippen molar-refractivity contribution in [1.82, 2.24) is 19.2 Å². The molecule has 0 spiro atoms. The molecular weight excluding hydrogens is 400 g/mol. The smallest absolute Gasteiger partial charge is 0.341 e. The van der Waals surface area contributed by atoms with E-state index in [1.165, 1.54) is 18.4 Å². The molecule has 3 heterocycles. The van der Waals surface area contributed by atoms with Crippen LogP contribution in [0.5, 0.6) is 0 Å². The van der Waals surface area contributed by atoms with Crippen LogP contribution in [-0.2, 0) is 10.5 Å². The number of methoxy groups -OCH3 is 1. The molecule has 0 unspecified atom stereocenters. The van der Waals surface area contributed by atoms with Gasteiger partial charge in [0.25, 0.3) is 0 Å². The molecule has 0 fully saturated rings. The van der Waals surface area contributed by atoms with E-state index >= 15 is 0 Å². The standard InChI is InChI=1S/C18H14N4O2S3/c1-24-16(23)14-8-5-9-21-10-12(19-15(14)21)11-26-17-20-22(18(25)27-17)13-6-3-2-4-7-13/h2-10H,11H2,1H3. The van der Waals surface area contributed by atoms with Crippen LogP contribution in [0.4, 0.5) is 0 Å². The Morgan fingerprint density at radius 2 is 2.07 bits per heavy atom. The number of nitrogens with zero attached hydrogens (tertiary/aromatic N) is 4. The summed E-state index contributed by atoms with van der Waals surface area (Å²) in [5.74, 6) is 0.226. The van der Waals surface area contributed by atoms with E-state index in [2.05, 4.69) is 10.1 Å². The highest BCUT2D eigenvalue weighted by molar-refractivity contribution is 8.00. The van der Waals surface area contributed by atoms with Gasteiger partial charge in [-0.2, -0.15) is 0 Å². The first-order valence-corrected chi connectivity index (χ1v) is 10.2. The van der Waals surface area contributed by atoms with Crippen molar-refractivity contribution in [2.75, 3.05) is 7.11 Å². The topological polar surface area (TPSA) is 61.4 Å². The average molecular weight is 415 g/mol. The molecule has 0 radical (unpaired) electrons. The van der Waals surface area contributed by atoms with E-state index in [0.29, 0.717) is 20.9 Å². The van der Waals surface area contributed by atoms with Gasteiger partial charge in [0, 0.05) is 18.1 Å². The van der Waals surface area contributed by atoms with Crippen molar-refractivity contribution < 1.29 is 9.53 Å². The number of rotatable bonds is 5. The van der Waals surface area contributed by atoms with E-state index in [0.717, 1.165) is 15.7 Å². The fraction of sp³-hybridized carbons (Fsp3) is 0.111. The van der Waals surface area contributed by atoms with Crippen molar-refractivity contribution in [2.24, 2.45) is 0 Å². The number of carbonyl (C=O) groups excluding carboxylic acids is 1. The van der Waals surface area contributed by atoms with Crippen LogP contribution in [-0.4, -0.2) is 32.2 Å². The predicted octanol–water partition coefficient (Wildman–Crippen LogP) is 4.39. The van der Waals surface area contributed by atoms with Crippen LogP contribution < -0.4 is 0 Å². The third kappa shape index (κ3) is 3.66. The number of hydrogen-bond acceptors (Lipinski definition) is 7. The molecule has 4 aromatic rings. The van der Waals surface area contributed by atoms with Crippen LogP contribution in [0.3, 0.4) is 0 Å². The van der Waals surface area contributed by atoms with Gasteiger partial charge in [-0.1, -0.05) is 41.3 Å². The van der Waals surface area contributed by atoms with Gasteiger partial charge in [0.1, 0.15) is 5.56 Å². The minimum atomic E-state index is -0.398. The van der Waals surface area contributed by atoms with Gasteiger partial charge in [-0.15, -0.1) is 5.10 Å². The number of hydrogen-bond donors (Lipinski definition) is 0. The Morgan fingerprint density at radius 3 is 2.85 bits per heavy atom. The first-order chi connectivity index (χ1) is 13.2. The lowest BCUT2D eigenvalue weighted by Gasteiger charge is -2.00. The molecule has 1 aromatic carbocycles. The number of aromatic nitrogens is 4. The minimum absolute atomic E-state index is 0.398. The molecule has 9 heteroatoms. The van der Waals surface area contributed by atoms with Gasteiger partial charge in [-0.05, 0) is 36.5 Å². The second-order valence-electron chi connectivity index (χ2n) is 5.55. The number of esters is 1. The summed E-state index contributed by atoms with van der Waals surface area (Å²) in [5.41, 5.74) is 2.83. The molecule has 0 bridgehead atoms. The molecule has 0 saturated carbocycles. The summed E-state index contributed by atoms with van der Waals surface area (Å²) in [6.07, 6.45) is 3.76. The van der Waals surface area contributed by atoms with Crippen molar-refractivity contribution in [3.8, 4) is 5.69 Å². The zero-order chi connectivity index (χ0) is 18.8. The van der Waals surface area contributed by atoms with Gasteiger partial charge in [-0.3, -0.25) is 0 Å². The number of fused-ring (bicyclic) bond motifs is 1.